The van der Waals surface area contributed by atoms with E-state index in [-0.39, 0.29) is 29.7 Å². The minimum absolute atomic E-state index is 0.0916. The molecule has 3 fully saturated rings. The van der Waals surface area contributed by atoms with Gasteiger partial charge in [0.25, 0.3) is 5.91 Å². The number of carbonyl (C=O) groups excluding carboxylic acids is 1. The Morgan fingerprint density at radius 1 is 1.16 bits per heavy atom. The summed E-state index contributed by atoms with van der Waals surface area (Å²) in [6, 6.07) is 4.08. The van der Waals surface area contributed by atoms with Gasteiger partial charge in [0.05, 0.1) is 22.1 Å². The molecule has 3 atom stereocenters. The lowest BCUT2D eigenvalue weighted by Crippen LogP contribution is -2.46. The molecule has 0 spiro atoms. The number of nitrogens with zero attached hydrogens (tertiary/aromatic N) is 7. The number of nitrogens with one attached hydrogen (secondary N) is 1. The van der Waals surface area contributed by atoms with Gasteiger partial charge in [0.1, 0.15) is 17.7 Å². The number of piperidine rings is 1. The van der Waals surface area contributed by atoms with Gasteiger partial charge in [-0.25, -0.2) is 9.97 Å². The van der Waals surface area contributed by atoms with E-state index in [1.54, 1.807) is 16.9 Å². The molecule has 0 aromatic carbocycles. The normalized spacial score (nSPS) is 24.4. The van der Waals surface area contributed by atoms with E-state index in [4.69, 9.17) is 10.7 Å². The lowest BCUT2D eigenvalue weighted by atomic mass is 9.77. The highest BCUT2D eigenvalue weighted by Crippen LogP contribution is 2.46. The van der Waals surface area contributed by atoms with Crippen LogP contribution in [0.5, 0.6) is 0 Å². The second kappa shape index (κ2) is 8.32. The topological polar surface area (TPSA) is 151 Å². The maximum Gasteiger partial charge on any atom is 0.291 e. The predicted molar refractivity (Wildman–Crippen MR) is 137 cm³/mol. The highest BCUT2D eigenvalue weighted by Gasteiger charge is 2.45. The lowest BCUT2D eigenvalue weighted by Gasteiger charge is -2.38. The van der Waals surface area contributed by atoms with Gasteiger partial charge in [0.15, 0.2) is 5.65 Å². The molecule has 12 heteroatoms. The summed E-state index contributed by atoms with van der Waals surface area (Å²) in [5, 5.41) is 21.7. The van der Waals surface area contributed by atoms with E-state index in [1.807, 2.05) is 17.0 Å². The second-order valence-electron chi connectivity index (χ2n) is 10.4. The summed E-state index contributed by atoms with van der Waals surface area (Å²) >= 11 is 3.69. The van der Waals surface area contributed by atoms with Gasteiger partial charge in [0, 0.05) is 35.3 Å². The van der Waals surface area contributed by atoms with Crippen LogP contribution in [-0.4, -0.2) is 62.8 Å². The lowest BCUT2D eigenvalue weighted by molar-refractivity contribution is -0.0426. The Bertz CT molecular complexity index is 1480. The number of rotatable bonds is 4. The molecule has 2 saturated heterocycles. The number of hydrogen-bond acceptors (Lipinski definition) is 8. The summed E-state index contributed by atoms with van der Waals surface area (Å²) < 4.78 is 2.39. The van der Waals surface area contributed by atoms with E-state index in [9.17, 15) is 9.90 Å². The van der Waals surface area contributed by atoms with Crippen LogP contribution in [0.25, 0.3) is 16.8 Å². The number of amides is 1. The summed E-state index contributed by atoms with van der Waals surface area (Å²) in [4.78, 5) is 28.7. The van der Waals surface area contributed by atoms with E-state index >= 15 is 0 Å². The van der Waals surface area contributed by atoms with Crippen LogP contribution < -0.4 is 5.73 Å². The smallest absolute Gasteiger partial charge is 0.291 e. The highest BCUT2D eigenvalue weighted by molar-refractivity contribution is 9.10. The molecule has 4 aromatic heterocycles. The molecule has 2 aliphatic heterocycles. The summed E-state index contributed by atoms with van der Waals surface area (Å²) in [6.45, 7) is 0. The first-order valence-corrected chi connectivity index (χ1v) is 13.4. The van der Waals surface area contributed by atoms with Crippen molar-refractivity contribution in [2.24, 2.45) is 0 Å². The number of halogens is 1. The molecular formula is C25H26BrN9O2. The van der Waals surface area contributed by atoms with E-state index in [1.165, 1.54) is 6.33 Å². The Hall–Kier alpha value is -3.38. The maximum absolute atomic E-state index is 13.1. The van der Waals surface area contributed by atoms with Crippen molar-refractivity contribution in [1.82, 2.24) is 39.7 Å². The van der Waals surface area contributed by atoms with Crippen LogP contribution in [0, 0.1) is 0 Å². The van der Waals surface area contributed by atoms with Crippen LogP contribution in [-0.2, 0) is 5.60 Å². The van der Waals surface area contributed by atoms with E-state index in [2.05, 4.69) is 41.2 Å². The van der Waals surface area contributed by atoms with E-state index < -0.39 is 5.60 Å². The molecule has 1 amide bonds. The fourth-order valence-electron chi connectivity index (χ4n) is 6.25. The van der Waals surface area contributed by atoms with Gasteiger partial charge in [-0.3, -0.25) is 14.9 Å². The third kappa shape index (κ3) is 3.49. The molecule has 11 nitrogen and oxygen atoms in total. The van der Waals surface area contributed by atoms with Crippen molar-refractivity contribution in [3.05, 3.63) is 52.5 Å². The number of pyridine rings is 1. The van der Waals surface area contributed by atoms with Crippen molar-refractivity contribution >= 4 is 33.3 Å². The molecule has 37 heavy (non-hydrogen) atoms. The third-order valence-corrected chi connectivity index (χ3v) is 9.16. The predicted octanol–water partition coefficient (Wildman–Crippen LogP) is 3.18. The summed E-state index contributed by atoms with van der Waals surface area (Å²) in [5.41, 5.74) is 9.70. The molecule has 1 saturated carbocycles. The minimum atomic E-state index is -0.802. The Kier molecular flexibility index (Phi) is 5.12. The fraction of sp³-hybridized carbons (Fsp3) is 0.440. The standard InChI is InChI=1S/C25H26BrN9O2/c26-19-20(14-8-15-3-4-16(9-14)34(15)24(36)22-29-12-30-33-22)32-23-17(11-31-35(23)21(19)27)13-2-5-18(28-10-13)25(37)6-1-7-25/h2,5,10-12,14-16,37H,1,3-4,6-9,27H2,(H,29,30,33)/t14?,15-,16+. The number of anilines is 1. The van der Waals surface area contributed by atoms with Crippen molar-refractivity contribution in [1.29, 1.82) is 0 Å². The fourth-order valence-corrected chi connectivity index (χ4v) is 6.83. The molecule has 190 valence electrons. The SMILES string of the molecule is Nc1c(Br)c(C2C[C@H]3CC[C@@H](C2)N3C(=O)c2ncn[nH]2)nc2c(-c3ccc(C4(O)CCC4)nc3)cnn12. The Morgan fingerprint density at radius 3 is 2.57 bits per heavy atom. The summed E-state index contributed by atoms with van der Waals surface area (Å²) in [6.07, 6.45) is 10.9. The number of carbonyl (C=O) groups is 1. The van der Waals surface area contributed by atoms with Crippen LogP contribution in [0.2, 0.25) is 0 Å². The van der Waals surface area contributed by atoms with Crippen molar-refractivity contribution in [3.63, 3.8) is 0 Å². The number of nitrogens with two attached hydrogens (primary N) is 1. The number of hydrogen-bond donors (Lipinski definition) is 3. The van der Waals surface area contributed by atoms with Crippen LogP contribution in [0.1, 0.15) is 72.9 Å². The quantitative estimate of drug-likeness (QED) is 0.342. The van der Waals surface area contributed by atoms with Crippen LogP contribution >= 0.6 is 15.9 Å². The van der Waals surface area contributed by atoms with Gasteiger partial charge in [0.2, 0.25) is 5.82 Å². The number of nitrogen functional groups attached to an aromatic ring is 1. The number of aliphatic hydroxyl groups is 1. The second-order valence-corrected chi connectivity index (χ2v) is 11.2. The summed E-state index contributed by atoms with van der Waals surface area (Å²) in [7, 11) is 0. The molecule has 0 radical (unpaired) electrons. The first-order valence-electron chi connectivity index (χ1n) is 12.6. The summed E-state index contributed by atoms with van der Waals surface area (Å²) in [5.74, 6) is 0.834. The Morgan fingerprint density at radius 2 is 1.95 bits per heavy atom. The number of aromatic nitrogens is 7. The third-order valence-electron chi connectivity index (χ3n) is 8.35. The average Bonchev–Trinajstić information content (AvgIpc) is 3.63. The first-order chi connectivity index (χ1) is 17.9. The molecular weight excluding hydrogens is 538 g/mol. The van der Waals surface area contributed by atoms with Gasteiger partial charge in [-0.1, -0.05) is 6.07 Å². The monoisotopic (exact) mass is 563 g/mol. The van der Waals surface area contributed by atoms with Crippen molar-refractivity contribution in [2.45, 2.75) is 68.5 Å². The molecule has 4 aromatic rings. The Labute approximate surface area is 220 Å². The van der Waals surface area contributed by atoms with Crippen LogP contribution in [0.4, 0.5) is 5.82 Å². The van der Waals surface area contributed by atoms with Gasteiger partial charge in [-0.15, -0.1) is 0 Å². The van der Waals surface area contributed by atoms with Gasteiger partial charge in [-0.05, 0) is 66.9 Å². The van der Waals surface area contributed by atoms with Gasteiger partial charge >= 0.3 is 0 Å². The highest BCUT2D eigenvalue weighted by atomic mass is 79.9. The molecule has 7 rings (SSSR count). The Balaban J connectivity index is 1.21. The molecule has 2 bridgehead atoms. The zero-order valence-corrected chi connectivity index (χ0v) is 21.6. The first kappa shape index (κ1) is 22.8. The largest absolute Gasteiger partial charge is 0.384 e. The zero-order valence-electron chi connectivity index (χ0n) is 20.0. The average molecular weight is 564 g/mol. The van der Waals surface area contributed by atoms with Crippen molar-refractivity contribution in [2.75, 3.05) is 5.73 Å². The number of H-pyrrole nitrogens is 1. The van der Waals surface area contributed by atoms with Crippen LogP contribution in [0.3, 0.4) is 0 Å². The van der Waals surface area contributed by atoms with Crippen LogP contribution in [0.15, 0.2) is 35.3 Å². The molecule has 1 aliphatic carbocycles. The van der Waals surface area contributed by atoms with E-state index in [0.29, 0.717) is 17.2 Å². The van der Waals surface area contributed by atoms with Crippen molar-refractivity contribution in [3.8, 4) is 11.1 Å². The maximum atomic E-state index is 13.1. The molecule has 6 heterocycles. The zero-order chi connectivity index (χ0) is 25.3. The van der Waals surface area contributed by atoms with Gasteiger partial charge < -0.3 is 15.7 Å². The van der Waals surface area contributed by atoms with E-state index in [0.717, 1.165) is 66.2 Å². The molecule has 3 aliphatic rings. The van der Waals surface area contributed by atoms with Crippen molar-refractivity contribution < 1.29 is 9.90 Å². The number of fused-ring (bicyclic) bond motifs is 3. The molecule has 4 N–H and O–H groups in total. The minimum Gasteiger partial charge on any atom is -0.384 e. The van der Waals surface area contributed by atoms with Gasteiger partial charge in [-0.2, -0.15) is 14.7 Å². The molecule has 1 unspecified atom stereocenters. The number of aromatic amines is 1.